The number of nitrogens with zero attached hydrogens (tertiary/aromatic N) is 2. The minimum atomic E-state index is -0.233. The number of benzene rings is 3. The normalized spacial score (nSPS) is 15.2. The summed E-state index contributed by atoms with van der Waals surface area (Å²) in [7, 11) is 3.82. The number of rotatable bonds is 5. The highest BCUT2D eigenvalue weighted by atomic mass is 32.2. The molecule has 2 N–H and O–H groups in total. The van der Waals surface area contributed by atoms with E-state index < -0.39 is 0 Å². The Labute approximate surface area is 214 Å². The fourth-order valence-corrected chi connectivity index (χ4v) is 5.48. The summed E-state index contributed by atoms with van der Waals surface area (Å²) in [6.45, 7) is 2.21. The van der Waals surface area contributed by atoms with Crippen molar-refractivity contribution in [1.82, 2.24) is 10.2 Å². The number of fused-ring (bicyclic) bond motifs is 2. The Balaban J connectivity index is 1.23. The standard InChI is InChI=1S/C28H28N4O3S/c1-31-11-10-19-6-8-23(13-22(19)16-31)30-28(35)20-5-3-4-18(12-20)15-29-27(34)21-7-9-25-24(14-21)32(2)26(33)17-36-25/h3-9,12-14H,10-11,15-17H2,1-2H3,(H,29,34)(H,30,35). The monoisotopic (exact) mass is 500 g/mol. The van der Waals surface area contributed by atoms with Crippen LogP contribution in [0, 0.1) is 0 Å². The van der Waals surface area contributed by atoms with Gasteiger partial charge >= 0.3 is 0 Å². The molecule has 0 spiro atoms. The van der Waals surface area contributed by atoms with Crippen molar-refractivity contribution in [2.24, 2.45) is 0 Å². The molecule has 3 amide bonds. The molecular weight excluding hydrogens is 472 g/mol. The summed E-state index contributed by atoms with van der Waals surface area (Å²) < 4.78 is 0. The van der Waals surface area contributed by atoms with Crippen LogP contribution in [0.5, 0.6) is 0 Å². The van der Waals surface area contributed by atoms with Gasteiger partial charge in [-0.05, 0) is 72.6 Å². The Kier molecular flexibility index (Phi) is 6.80. The summed E-state index contributed by atoms with van der Waals surface area (Å²) in [5.74, 6) is 0.00105. The van der Waals surface area contributed by atoms with Crippen molar-refractivity contribution in [3.63, 3.8) is 0 Å². The third kappa shape index (κ3) is 5.15. The number of amides is 3. The lowest BCUT2D eigenvalue weighted by Crippen LogP contribution is -2.32. The highest BCUT2D eigenvalue weighted by molar-refractivity contribution is 8.00. The maximum Gasteiger partial charge on any atom is 0.255 e. The number of carbonyl (C=O) groups excluding carboxylic acids is 3. The van der Waals surface area contributed by atoms with Crippen LogP contribution < -0.4 is 15.5 Å². The predicted octanol–water partition coefficient (Wildman–Crippen LogP) is 3.93. The van der Waals surface area contributed by atoms with Crippen LogP contribution in [0.1, 0.15) is 37.4 Å². The molecule has 0 unspecified atom stereocenters. The van der Waals surface area contributed by atoms with Crippen molar-refractivity contribution in [3.8, 4) is 0 Å². The highest BCUT2D eigenvalue weighted by Crippen LogP contribution is 2.35. The quantitative estimate of drug-likeness (QED) is 0.555. The molecule has 2 aliphatic heterocycles. The van der Waals surface area contributed by atoms with Crippen LogP contribution in [0.15, 0.2) is 65.6 Å². The maximum atomic E-state index is 12.9. The van der Waals surface area contributed by atoms with Crippen molar-refractivity contribution < 1.29 is 14.4 Å². The van der Waals surface area contributed by atoms with Gasteiger partial charge in [0.2, 0.25) is 5.91 Å². The molecular formula is C28H28N4O3S. The third-order valence-electron chi connectivity index (χ3n) is 6.62. The Morgan fingerprint density at radius 3 is 2.64 bits per heavy atom. The maximum absolute atomic E-state index is 12.9. The SMILES string of the molecule is CN1CCc2ccc(NC(=O)c3cccc(CNC(=O)c4ccc5c(c4)N(C)C(=O)CS5)c3)cc2C1. The van der Waals surface area contributed by atoms with E-state index >= 15 is 0 Å². The molecule has 184 valence electrons. The number of hydrogen-bond donors (Lipinski definition) is 2. The van der Waals surface area contributed by atoms with Crippen molar-refractivity contribution in [2.45, 2.75) is 24.4 Å². The second kappa shape index (κ2) is 10.2. The average molecular weight is 501 g/mol. The minimum absolute atomic E-state index is 0.0165. The van der Waals surface area contributed by atoms with Crippen LogP contribution in [-0.4, -0.2) is 49.0 Å². The second-order valence-corrected chi connectivity index (χ2v) is 10.2. The zero-order chi connectivity index (χ0) is 25.2. The van der Waals surface area contributed by atoms with E-state index in [-0.39, 0.29) is 24.3 Å². The molecule has 5 rings (SSSR count). The molecule has 3 aromatic carbocycles. The fraction of sp³-hybridized carbons (Fsp3) is 0.250. The van der Waals surface area contributed by atoms with E-state index in [0.717, 1.165) is 41.3 Å². The van der Waals surface area contributed by atoms with Crippen LogP contribution >= 0.6 is 11.8 Å². The number of anilines is 2. The van der Waals surface area contributed by atoms with E-state index in [2.05, 4.69) is 34.7 Å². The van der Waals surface area contributed by atoms with Crippen LogP contribution in [0.2, 0.25) is 0 Å². The largest absolute Gasteiger partial charge is 0.348 e. The molecule has 7 nitrogen and oxygen atoms in total. The second-order valence-electron chi connectivity index (χ2n) is 9.23. The van der Waals surface area contributed by atoms with Gasteiger partial charge in [0.25, 0.3) is 11.8 Å². The molecule has 0 saturated heterocycles. The number of hydrogen-bond acceptors (Lipinski definition) is 5. The van der Waals surface area contributed by atoms with E-state index in [0.29, 0.717) is 16.9 Å². The predicted molar refractivity (Wildman–Crippen MR) is 143 cm³/mol. The topological polar surface area (TPSA) is 81.8 Å². The van der Waals surface area contributed by atoms with E-state index in [1.54, 1.807) is 36.2 Å². The molecule has 0 radical (unpaired) electrons. The lowest BCUT2D eigenvalue weighted by molar-refractivity contribution is -0.116. The number of likely N-dealkylation sites (N-methyl/N-ethyl adjacent to an activating group) is 1. The molecule has 8 heteroatoms. The van der Waals surface area contributed by atoms with Gasteiger partial charge in [-0.2, -0.15) is 0 Å². The summed E-state index contributed by atoms with van der Waals surface area (Å²) >= 11 is 1.48. The van der Waals surface area contributed by atoms with Gasteiger partial charge in [-0.15, -0.1) is 11.8 Å². The molecule has 0 aromatic heterocycles. The van der Waals surface area contributed by atoms with E-state index in [4.69, 9.17) is 0 Å². The lowest BCUT2D eigenvalue weighted by atomic mass is 9.99. The molecule has 2 heterocycles. The molecule has 3 aromatic rings. The third-order valence-corrected chi connectivity index (χ3v) is 7.66. The average Bonchev–Trinajstić information content (AvgIpc) is 2.89. The Bertz CT molecular complexity index is 1360. The lowest BCUT2D eigenvalue weighted by Gasteiger charge is -2.25. The van der Waals surface area contributed by atoms with Gasteiger partial charge in [0.15, 0.2) is 0 Å². The summed E-state index contributed by atoms with van der Waals surface area (Å²) in [5, 5.41) is 5.92. The van der Waals surface area contributed by atoms with Gasteiger partial charge in [0.05, 0.1) is 11.4 Å². The number of thioether (sulfide) groups is 1. The first-order chi connectivity index (χ1) is 17.4. The summed E-state index contributed by atoms with van der Waals surface area (Å²) in [6.07, 6.45) is 1.02. The minimum Gasteiger partial charge on any atom is -0.348 e. The molecule has 0 fully saturated rings. The van der Waals surface area contributed by atoms with Crippen molar-refractivity contribution in [1.29, 1.82) is 0 Å². The van der Waals surface area contributed by atoms with Crippen LogP contribution in [0.3, 0.4) is 0 Å². The smallest absolute Gasteiger partial charge is 0.255 e. The zero-order valence-corrected chi connectivity index (χ0v) is 21.2. The van der Waals surface area contributed by atoms with Gasteiger partial charge in [-0.3, -0.25) is 14.4 Å². The van der Waals surface area contributed by atoms with E-state index in [9.17, 15) is 14.4 Å². The van der Waals surface area contributed by atoms with Crippen molar-refractivity contribution in [3.05, 3.63) is 88.5 Å². The molecule has 2 aliphatic rings. The van der Waals surface area contributed by atoms with E-state index in [1.807, 2.05) is 24.3 Å². The van der Waals surface area contributed by atoms with Crippen molar-refractivity contribution >= 4 is 40.9 Å². The Morgan fingerprint density at radius 1 is 0.944 bits per heavy atom. The zero-order valence-electron chi connectivity index (χ0n) is 20.3. The first-order valence-electron chi connectivity index (χ1n) is 11.9. The fourth-order valence-electron chi connectivity index (χ4n) is 4.50. The number of carbonyl (C=O) groups is 3. The Morgan fingerprint density at radius 2 is 1.78 bits per heavy atom. The summed E-state index contributed by atoms with van der Waals surface area (Å²) in [4.78, 5) is 42.5. The summed E-state index contributed by atoms with van der Waals surface area (Å²) in [5.41, 5.74) is 5.95. The van der Waals surface area contributed by atoms with E-state index in [1.165, 1.54) is 22.9 Å². The molecule has 0 aliphatic carbocycles. The molecule has 36 heavy (non-hydrogen) atoms. The van der Waals surface area contributed by atoms with Crippen molar-refractivity contribution in [2.75, 3.05) is 36.6 Å². The molecule has 0 bridgehead atoms. The van der Waals surface area contributed by atoms with Gasteiger partial charge < -0.3 is 20.4 Å². The Hall–Kier alpha value is -3.62. The van der Waals surface area contributed by atoms with Gasteiger partial charge in [0, 0.05) is 48.4 Å². The van der Waals surface area contributed by atoms with Gasteiger partial charge in [0.1, 0.15) is 0 Å². The molecule has 0 saturated carbocycles. The number of nitrogens with one attached hydrogen (secondary N) is 2. The van der Waals surface area contributed by atoms with Crippen LogP contribution in [-0.2, 0) is 24.3 Å². The van der Waals surface area contributed by atoms with Gasteiger partial charge in [-0.25, -0.2) is 0 Å². The first-order valence-corrected chi connectivity index (χ1v) is 12.9. The highest BCUT2D eigenvalue weighted by Gasteiger charge is 2.22. The first kappa shape index (κ1) is 24.1. The summed E-state index contributed by atoms with van der Waals surface area (Å²) in [6, 6.07) is 18.7. The van der Waals surface area contributed by atoms with Crippen LogP contribution in [0.25, 0.3) is 0 Å². The molecule has 0 atom stereocenters. The van der Waals surface area contributed by atoms with Crippen LogP contribution in [0.4, 0.5) is 11.4 Å². The van der Waals surface area contributed by atoms with Gasteiger partial charge in [-0.1, -0.05) is 18.2 Å².